The monoisotopic (exact) mass is 213 g/mol. The Hall–Kier alpha value is -1.23. The molecule has 0 spiro atoms. The molecule has 0 atom stereocenters. The highest BCUT2D eigenvalue weighted by Gasteiger charge is 2.14. The van der Waals surface area contributed by atoms with Crippen molar-refractivity contribution in [2.24, 2.45) is 0 Å². The zero-order valence-electron chi connectivity index (χ0n) is 7.77. The molecule has 14 heavy (non-hydrogen) atoms. The summed E-state index contributed by atoms with van der Waals surface area (Å²) in [7, 11) is 1.42. The van der Waals surface area contributed by atoms with E-state index in [0.29, 0.717) is 12.2 Å². The fourth-order valence-corrected chi connectivity index (χ4v) is 1.42. The van der Waals surface area contributed by atoms with Crippen molar-refractivity contribution < 1.29 is 9.66 Å². The van der Waals surface area contributed by atoms with Crippen LogP contribution in [0.1, 0.15) is 5.56 Å². The van der Waals surface area contributed by atoms with Gasteiger partial charge in [0.15, 0.2) is 5.75 Å². The summed E-state index contributed by atoms with van der Waals surface area (Å²) in [5.41, 5.74) is 0.902. The van der Waals surface area contributed by atoms with Crippen LogP contribution in [0.3, 0.4) is 0 Å². The van der Waals surface area contributed by atoms with Crippen LogP contribution in [-0.2, 0) is 6.42 Å². The number of benzene rings is 1. The van der Waals surface area contributed by atoms with Gasteiger partial charge in [0.05, 0.1) is 12.0 Å². The maximum absolute atomic E-state index is 10.6. The van der Waals surface area contributed by atoms with Crippen molar-refractivity contribution in [2.75, 3.05) is 12.9 Å². The Kier molecular flexibility index (Phi) is 3.76. The molecule has 0 aliphatic rings. The Morgan fingerprint density at radius 2 is 2.29 bits per heavy atom. The van der Waals surface area contributed by atoms with Crippen LogP contribution in [0, 0.1) is 10.1 Å². The molecule has 0 aromatic heterocycles. The number of nitro benzene ring substituents is 1. The molecule has 0 saturated heterocycles. The van der Waals surface area contributed by atoms with E-state index in [1.165, 1.54) is 13.2 Å². The molecule has 0 amide bonds. The number of aryl methyl sites for hydroxylation is 1. The summed E-state index contributed by atoms with van der Waals surface area (Å²) in [6.07, 6.45) is 0.716. The van der Waals surface area contributed by atoms with Gasteiger partial charge in [0.25, 0.3) is 0 Å². The highest BCUT2D eigenvalue weighted by Crippen LogP contribution is 2.27. The molecule has 0 N–H and O–H groups in total. The number of rotatable bonds is 4. The second-order valence-electron chi connectivity index (χ2n) is 2.74. The summed E-state index contributed by atoms with van der Waals surface area (Å²) in [6.45, 7) is 0. The van der Waals surface area contributed by atoms with E-state index < -0.39 is 4.92 Å². The van der Waals surface area contributed by atoms with E-state index in [4.69, 9.17) is 4.74 Å². The van der Waals surface area contributed by atoms with E-state index in [0.717, 1.165) is 5.56 Å². The molecule has 5 heteroatoms. The molecule has 0 radical (unpaired) electrons. The van der Waals surface area contributed by atoms with Crippen LogP contribution in [0.4, 0.5) is 5.69 Å². The van der Waals surface area contributed by atoms with Gasteiger partial charge < -0.3 is 4.74 Å². The summed E-state index contributed by atoms with van der Waals surface area (Å²) in [4.78, 5) is 10.2. The van der Waals surface area contributed by atoms with Crippen molar-refractivity contribution >= 4 is 18.3 Å². The average Bonchev–Trinajstić information content (AvgIpc) is 2.18. The van der Waals surface area contributed by atoms with Gasteiger partial charge in [-0.1, -0.05) is 6.07 Å². The van der Waals surface area contributed by atoms with E-state index in [9.17, 15) is 10.1 Å². The molecular formula is C9H11NO3S. The van der Waals surface area contributed by atoms with Crippen LogP contribution >= 0.6 is 12.6 Å². The lowest BCUT2D eigenvalue weighted by Crippen LogP contribution is -1.95. The van der Waals surface area contributed by atoms with Crippen LogP contribution in [0.25, 0.3) is 0 Å². The van der Waals surface area contributed by atoms with Crippen LogP contribution < -0.4 is 4.74 Å². The Labute approximate surface area is 87.4 Å². The Morgan fingerprint density at radius 3 is 2.79 bits per heavy atom. The van der Waals surface area contributed by atoms with Crippen molar-refractivity contribution in [1.82, 2.24) is 0 Å². The molecule has 0 saturated carbocycles. The molecule has 0 bridgehead atoms. The van der Waals surface area contributed by atoms with Crippen LogP contribution in [0.2, 0.25) is 0 Å². The van der Waals surface area contributed by atoms with Gasteiger partial charge in [-0.15, -0.1) is 0 Å². The van der Waals surface area contributed by atoms with Crippen LogP contribution in [0.15, 0.2) is 18.2 Å². The fourth-order valence-electron chi connectivity index (χ4n) is 1.16. The minimum Gasteiger partial charge on any atom is -0.490 e. The van der Waals surface area contributed by atoms with Gasteiger partial charge in [0.2, 0.25) is 0 Å². The summed E-state index contributed by atoms with van der Waals surface area (Å²) in [5, 5.41) is 10.6. The molecule has 1 aromatic rings. The number of hydrogen-bond acceptors (Lipinski definition) is 4. The third kappa shape index (κ3) is 2.38. The van der Waals surface area contributed by atoms with Crippen LogP contribution in [0.5, 0.6) is 5.75 Å². The zero-order chi connectivity index (χ0) is 10.6. The standard InChI is InChI=1S/C9H11NO3S/c1-13-9-3-2-7(4-5-14)6-8(9)10(11)12/h2-3,6,14H,4-5H2,1H3. The lowest BCUT2D eigenvalue weighted by molar-refractivity contribution is -0.385. The van der Waals surface area contributed by atoms with Crippen LogP contribution in [-0.4, -0.2) is 17.8 Å². The van der Waals surface area contributed by atoms with Gasteiger partial charge in [-0.05, 0) is 23.8 Å². The molecule has 0 fully saturated rings. The van der Waals surface area contributed by atoms with Crippen molar-refractivity contribution in [3.05, 3.63) is 33.9 Å². The number of ether oxygens (including phenoxy) is 1. The van der Waals surface area contributed by atoms with Gasteiger partial charge >= 0.3 is 5.69 Å². The van der Waals surface area contributed by atoms with Crippen molar-refractivity contribution in [2.45, 2.75) is 6.42 Å². The molecule has 1 rings (SSSR count). The summed E-state index contributed by atoms with van der Waals surface area (Å²) in [5.74, 6) is 0.960. The normalized spacial score (nSPS) is 9.86. The molecule has 0 aliphatic heterocycles. The van der Waals surface area contributed by atoms with E-state index in [-0.39, 0.29) is 11.4 Å². The number of hydrogen-bond donors (Lipinski definition) is 1. The predicted octanol–water partition coefficient (Wildman–Crippen LogP) is 2.08. The third-order valence-corrected chi connectivity index (χ3v) is 2.06. The summed E-state index contributed by atoms with van der Waals surface area (Å²) < 4.78 is 4.88. The van der Waals surface area contributed by atoms with Gasteiger partial charge in [-0.2, -0.15) is 12.6 Å². The second kappa shape index (κ2) is 4.85. The first-order valence-electron chi connectivity index (χ1n) is 4.11. The minimum atomic E-state index is -0.444. The lowest BCUT2D eigenvalue weighted by Gasteiger charge is -2.03. The zero-order valence-corrected chi connectivity index (χ0v) is 8.66. The summed E-state index contributed by atoms with van der Waals surface area (Å²) >= 11 is 4.07. The molecule has 0 aliphatic carbocycles. The quantitative estimate of drug-likeness (QED) is 0.473. The van der Waals surface area contributed by atoms with E-state index in [1.807, 2.05) is 6.07 Å². The first-order valence-corrected chi connectivity index (χ1v) is 4.74. The largest absolute Gasteiger partial charge is 0.490 e. The van der Waals surface area contributed by atoms with Gasteiger partial charge in [-0.3, -0.25) is 10.1 Å². The smallest absolute Gasteiger partial charge is 0.311 e. The Morgan fingerprint density at radius 1 is 1.57 bits per heavy atom. The lowest BCUT2D eigenvalue weighted by atomic mass is 10.1. The Bertz CT molecular complexity index is 341. The number of methoxy groups -OCH3 is 1. The maximum atomic E-state index is 10.6. The third-order valence-electron chi connectivity index (χ3n) is 1.84. The summed E-state index contributed by atoms with van der Waals surface area (Å²) in [6, 6.07) is 4.94. The van der Waals surface area contributed by atoms with E-state index in [2.05, 4.69) is 12.6 Å². The van der Waals surface area contributed by atoms with Crippen molar-refractivity contribution in [3.63, 3.8) is 0 Å². The van der Waals surface area contributed by atoms with Gasteiger partial charge in [-0.25, -0.2) is 0 Å². The SMILES string of the molecule is COc1ccc(CCS)cc1[N+](=O)[O-]. The Balaban J connectivity index is 3.07. The van der Waals surface area contributed by atoms with Crippen molar-refractivity contribution in [1.29, 1.82) is 0 Å². The predicted molar refractivity (Wildman–Crippen MR) is 57.2 cm³/mol. The molecule has 1 aromatic carbocycles. The van der Waals surface area contributed by atoms with E-state index in [1.54, 1.807) is 6.07 Å². The highest BCUT2D eigenvalue weighted by atomic mass is 32.1. The highest BCUT2D eigenvalue weighted by molar-refractivity contribution is 7.80. The first-order chi connectivity index (χ1) is 6.69. The molecule has 76 valence electrons. The molecule has 0 unspecified atom stereocenters. The maximum Gasteiger partial charge on any atom is 0.311 e. The second-order valence-corrected chi connectivity index (χ2v) is 3.18. The van der Waals surface area contributed by atoms with Gasteiger partial charge in [0.1, 0.15) is 0 Å². The molecule has 4 nitrogen and oxygen atoms in total. The topological polar surface area (TPSA) is 52.4 Å². The average molecular weight is 213 g/mol. The number of thiol groups is 1. The molecular weight excluding hydrogens is 202 g/mol. The van der Waals surface area contributed by atoms with Gasteiger partial charge in [0, 0.05) is 6.07 Å². The number of nitrogens with zero attached hydrogens (tertiary/aromatic N) is 1. The first kappa shape index (κ1) is 10.8. The van der Waals surface area contributed by atoms with E-state index >= 15 is 0 Å². The van der Waals surface area contributed by atoms with Crippen molar-refractivity contribution in [3.8, 4) is 5.75 Å². The fraction of sp³-hybridized carbons (Fsp3) is 0.333. The molecule has 0 heterocycles. The minimum absolute atomic E-state index is 0.00628. The number of nitro groups is 1.